The molecule has 3 unspecified atom stereocenters. The number of nitrogens with zero attached hydrogens (tertiary/aromatic N) is 1. The summed E-state index contributed by atoms with van der Waals surface area (Å²) in [6.45, 7) is 6.99. The van der Waals surface area contributed by atoms with Crippen LogP contribution < -0.4 is 0 Å². The summed E-state index contributed by atoms with van der Waals surface area (Å²) in [4.78, 5) is 0. The minimum atomic E-state index is -2.50. The molecule has 0 saturated heterocycles. The van der Waals surface area contributed by atoms with E-state index in [1.54, 1.807) is 13.8 Å². The molecule has 0 aromatic heterocycles. The van der Waals surface area contributed by atoms with Crippen LogP contribution in [0.2, 0.25) is 0 Å². The molecule has 0 aliphatic carbocycles. The summed E-state index contributed by atoms with van der Waals surface area (Å²) < 4.78 is 21.3. The summed E-state index contributed by atoms with van der Waals surface area (Å²) in [5.41, 5.74) is 0.371. The Hall–Kier alpha value is -0.380. The summed E-state index contributed by atoms with van der Waals surface area (Å²) in [5.74, 6) is 0. The van der Waals surface area contributed by atoms with Crippen LogP contribution in [0.1, 0.15) is 34.1 Å². The van der Waals surface area contributed by atoms with Crippen molar-refractivity contribution in [3.63, 3.8) is 0 Å². The molecular weight excluding hydrogens is 205 g/mol. The van der Waals surface area contributed by atoms with Crippen molar-refractivity contribution >= 4 is 14.0 Å². The van der Waals surface area contributed by atoms with Gasteiger partial charge in [0, 0.05) is 0 Å². The Balaban J connectivity index is 3.94. The normalized spacial score (nSPS) is 19.0. The Morgan fingerprint density at radius 1 is 1.50 bits per heavy atom. The van der Waals surface area contributed by atoms with E-state index < -0.39 is 14.4 Å². The molecule has 0 saturated carbocycles. The second-order valence-electron chi connectivity index (χ2n) is 3.09. The van der Waals surface area contributed by atoms with Crippen LogP contribution in [-0.2, 0) is 13.6 Å². The molecular formula is C8H18NO4P. The van der Waals surface area contributed by atoms with E-state index in [-0.39, 0.29) is 6.10 Å². The average Bonchev–Trinajstić information content (AvgIpc) is 2.15. The van der Waals surface area contributed by atoms with Crippen molar-refractivity contribution in [1.29, 1.82) is 0 Å². The minimum Gasteiger partial charge on any atom is -0.411 e. The van der Waals surface area contributed by atoms with E-state index in [1.165, 1.54) is 0 Å². The molecule has 5 nitrogen and oxygen atoms in total. The van der Waals surface area contributed by atoms with Crippen LogP contribution in [-0.4, -0.2) is 23.1 Å². The molecule has 0 fully saturated rings. The Labute approximate surface area is 85.0 Å². The van der Waals surface area contributed by atoms with Crippen molar-refractivity contribution in [3.05, 3.63) is 0 Å². The van der Waals surface area contributed by atoms with Gasteiger partial charge in [0.05, 0.1) is 11.8 Å². The molecule has 0 radical (unpaired) electrons. The molecule has 0 amide bonds. The van der Waals surface area contributed by atoms with E-state index in [4.69, 9.17) is 14.3 Å². The third kappa shape index (κ3) is 5.37. The van der Waals surface area contributed by atoms with Crippen LogP contribution in [0.15, 0.2) is 5.16 Å². The topological polar surface area (TPSA) is 68.1 Å². The first-order valence-corrected chi connectivity index (χ1v) is 5.79. The lowest BCUT2D eigenvalue weighted by Gasteiger charge is -2.14. The van der Waals surface area contributed by atoms with Gasteiger partial charge in [0.2, 0.25) is 0 Å². The molecule has 0 aliphatic rings. The Bertz CT molecular complexity index is 219. The van der Waals surface area contributed by atoms with E-state index in [2.05, 4.69) is 5.16 Å². The largest absolute Gasteiger partial charge is 0.411 e. The van der Waals surface area contributed by atoms with E-state index >= 15 is 0 Å². The van der Waals surface area contributed by atoms with Crippen molar-refractivity contribution in [3.8, 4) is 0 Å². The summed E-state index contributed by atoms with van der Waals surface area (Å²) in [6, 6.07) is 0. The molecule has 1 N–H and O–H groups in total. The zero-order valence-electron chi connectivity index (χ0n) is 8.98. The fraction of sp³-hybridized carbons (Fsp3) is 0.875. The van der Waals surface area contributed by atoms with Gasteiger partial charge in [-0.25, -0.2) is 0 Å². The van der Waals surface area contributed by atoms with Crippen LogP contribution in [0.3, 0.4) is 0 Å². The molecule has 84 valence electrons. The highest BCUT2D eigenvalue weighted by molar-refractivity contribution is 7.33. The van der Waals surface area contributed by atoms with Crippen LogP contribution in [0.5, 0.6) is 0 Å². The second kappa shape index (κ2) is 6.98. The van der Waals surface area contributed by atoms with Gasteiger partial charge in [0.15, 0.2) is 0 Å². The molecule has 0 aliphatic heterocycles. The summed E-state index contributed by atoms with van der Waals surface area (Å²) in [5, 5.41) is 11.4. The highest BCUT2D eigenvalue weighted by Crippen LogP contribution is 2.29. The number of rotatable bonds is 6. The van der Waals surface area contributed by atoms with Crippen molar-refractivity contribution in [2.75, 3.05) is 0 Å². The van der Waals surface area contributed by atoms with Gasteiger partial charge in [-0.3, -0.25) is 4.57 Å². The minimum absolute atomic E-state index is 0.0834. The number of oxime groups is 1. The molecule has 0 spiro atoms. The molecule has 0 aromatic rings. The maximum atomic E-state index is 11.2. The summed E-state index contributed by atoms with van der Waals surface area (Å²) in [6.07, 6.45) is 0.205. The van der Waals surface area contributed by atoms with Gasteiger partial charge in [-0.1, -0.05) is 12.1 Å². The zero-order chi connectivity index (χ0) is 11.1. The fourth-order valence-corrected chi connectivity index (χ4v) is 1.60. The molecule has 0 heterocycles. The summed E-state index contributed by atoms with van der Waals surface area (Å²) >= 11 is 0. The molecule has 0 rings (SSSR count). The fourth-order valence-electron chi connectivity index (χ4n) is 0.586. The Morgan fingerprint density at radius 2 is 2.07 bits per heavy atom. The average molecular weight is 223 g/mol. The molecule has 0 bridgehead atoms. The maximum absolute atomic E-state index is 11.2. The SMILES string of the molecule is CCC(C)O[PH](=O)OC(C)C(C)=NO. The predicted octanol–water partition coefficient (Wildman–Crippen LogP) is 2.45. The number of hydrogen-bond acceptors (Lipinski definition) is 5. The smallest absolute Gasteiger partial charge is 0.320 e. The first-order chi connectivity index (χ1) is 6.51. The van der Waals surface area contributed by atoms with Gasteiger partial charge in [-0.2, -0.15) is 0 Å². The van der Waals surface area contributed by atoms with Crippen molar-refractivity contribution in [1.82, 2.24) is 0 Å². The quantitative estimate of drug-likeness (QED) is 0.325. The monoisotopic (exact) mass is 223 g/mol. The van der Waals surface area contributed by atoms with Gasteiger partial charge in [0.1, 0.15) is 6.10 Å². The lowest BCUT2D eigenvalue weighted by Crippen LogP contribution is -2.15. The zero-order valence-corrected chi connectivity index (χ0v) is 9.98. The lowest BCUT2D eigenvalue weighted by atomic mass is 10.3. The second-order valence-corrected chi connectivity index (χ2v) is 4.06. The Kier molecular flexibility index (Phi) is 6.79. The van der Waals surface area contributed by atoms with Gasteiger partial charge in [-0.15, -0.1) is 0 Å². The third-order valence-corrected chi connectivity index (χ3v) is 3.03. The standard InChI is InChI=1S/C8H18NO4P/c1-5-6(2)12-14(11)13-8(4)7(3)9-10/h6,8,10,14H,5H2,1-4H3. The van der Waals surface area contributed by atoms with Crippen molar-refractivity contribution in [2.45, 2.75) is 46.3 Å². The van der Waals surface area contributed by atoms with Crippen LogP contribution >= 0.6 is 8.25 Å². The third-order valence-electron chi connectivity index (χ3n) is 1.89. The van der Waals surface area contributed by atoms with Gasteiger partial charge < -0.3 is 14.3 Å². The van der Waals surface area contributed by atoms with Gasteiger partial charge >= 0.3 is 8.25 Å². The van der Waals surface area contributed by atoms with Crippen molar-refractivity contribution in [2.24, 2.45) is 5.16 Å². The first-order valence-electron chi connectivity index (χ1n) is 4.57. The predicted molar refractivity (Wildman–Crippen MR) is 55.3 cm³/mol. The Morgan fingerprint density at radius 3 is 2.50 bits per heavy atom. The first kappa shape index (κ1) is 13.6. The van der Waals surface area contributed by atoms with E-state index in [0.29, 0.717) is 5.71 Å². The van der Waals surface area contributed by atoms with Gasteiger partial charge in [-0.05, 0) is 27.2 Å². The molecule has 14 heavy (non-hydrogen) atoms. The van der Waals surface area contributed by atoms with E-state index in [9.17, 15) is 4.57 Å². The highest BCUT2D eigenvalue weighted by Gasteiger charge is 2.13. The highest BCUT2D eigenvalue weighted by atomic mass is 31.1. The van der Waals surface area contributed by atoms with Crippen LogP contribution in [0.25, 0.3) is 0 Å². The maximum Gasteiger partial charge on any atom is 0.320 e. The van der Waals surface area contributed by atoms with Crippen molar-refractivity contribution < 1.29 is 18.8 Å². The molecule has 0 aromatic carbocycles. The van der Waals surface area contributed by atoms with E-state index in [1.807, 2.05) is 13.8 Å². The van der Waals surface area contributed by atoms with Gasteiger partial charge in [0.25, 0.3) is 0 Å². The van der Waals surface area contributed by atoms with Crippen LogP contribution in [0.4, 0.5) is 0 Å². The lowest BCUT2D eigenvalue weighted by molar-refractivity contribution is 0.162. The molecule has 6 heteroatoms. The summed E-state index contributed by atoms with van der Waals surface area (Å²) in [7, 11) is -2.50. The number of hydrogen-bond donors (Lipinski definition) is 1. The van der Waals surface area contributed by atoms with Crippen LogP contribution in [0, 0.1) is 0 Å². The van der Waals surface area contributed by atoms with E-state index in [0.717, 1.165) is 6.42 Å². The molecule has 3 atom stereocenters.